The Balaban J connectivity index is 2.07. The number of carbonyl (C=O) groups is 1. The summed E-state index contributed by atoms with van der Waals surface area (Å²) in [6.07, 6.45) is 0. The highest BCUT2D eigenvalue weighted by Gasteiger charge is 2.14. The van der Waals surface area contributed by atoms with Crippen LogP contribution in [0.1, 0.15) is 15.9 Å². The number of carbonyl (C=O) groups excluding carboxylic acids is 1. The van der Waals surface area contributed by atoms with Crippen LogP contribution in [0.4, 0.5) is 4.39 Å². The van der Waals surface area contributed by atoms with Crippen LogP contribution >= 0.6 is 11.6 Å². The lowest BCUT2D eigenvalue weighted by Crippen LogP contribution is -2.18. The Morgan fingerprint density at radius 2 is 2.13 bits per heavy atom. The summed E-state index contributed by atoms with van der Waals surface area (Å²) in [5.41, 5.74) is 1.04. The lowest BCUT2D eigenvalue weighted by atomic mass is 10.1. The van der Waals surface area contributed by atoms with Crippen molar-refractivity contribution in [3.05, 3.63) is 68.8 Å². The zero-order valence-electron chi connectivity index (χ0n) is 12.1. The van der Waals surface area contributed by atoms with Crippen LogP contribution < -0.4 is 5.69 Å². The molecule has 3 rings (SSSR count). The number of fused-ring (bicyclic) bond motifs is 1. The molecule has 0 aliphatic heterocycles. The van der Waals surface area contributed by atoms with Gasteiger partial charge < -0.3 is 9.72 Å². The Labute approximate surface area is 135 Å². The molecule has 0 atom stereocenters. The van der Waals surface area contributed by atoms with E-state index < -0.39 is 17.5 Å². The largest absolute Gasteiger partial charge is 0.465 e. The number of methoxy groups -OCH3 is 1. The predicted octanol–water partition coefficient (Wildman–Crippen LogP) is 2.96. The second kappa shape index (κ2) is 5.89. The minimum atomic E-state index is -0.588. The molecule has 5 nitrogen and oxygen atoms in total. The third-order valence-corrected chi connectivity index (χ3v) is 3.69. The number of rotatable bonds is 3. The Bertz CT molecular complexity index is 962. The van der Waals surface area contributed by atoms with Crippen molar-refractivity contribution in [2.24, 2.45) is 0 Å². The highest BCUT2D eigenvalue weighted by molar-refractivity contribution is 6.31. The average Bonchev–Trinajstić information content (AvgIpc) is 2.82. The normalized spacial score (nSPS) is 10.9. The first kappa shape index (κ1) is 15.3. The summed E-state index contributed by atoms with van der Waals surface area (Å²) in [5.74, 6) is -1.06. The van der Waals surface area contributed by atoms with Gasteiger partial charge in [0.15, 0.2) is 5.82 Å². The molecule has 3 aromatic rings. The third-order valence-electron chi connectivity index (χ3n) is 3.47. The van der Waals surface area contributed by atoms with E-state index in [0.717, 1.165) is 6.07 Å². The van der Waals surface area contributed by atoms with Crippen LogP contribution in [0.5, 0.6) is 0 Å². The van der Waals surface area contributed by atoms with Crippen LogP contribution in [-0.2, 0) is 11.3 Å². The standard InChI is InChI=1S/C16H12ClFN2O3/c1-23-15(21)10-4-2-3-9(5-10)8-20-14-12(18)6-11(17)7-13(14)19-16(20)22/h2-7H,8H2,1H3,(H,19,22). The van der Waals surface area contributed by atoms with E-state index in [-0.39, 0.29) is 17.1 Å². The summed E-state index contributed by atoms with van der Waals surface area (Å²) in [7, 11) is 1.29. The zero-order valence-corrected chi connectivity index (χ0v) is 12.9. The van der Waals surface area contributed by atoms with E-state index in [9.17, 15) is 14.0 Å². The van der Waals surface area contributed by atoms with Gasteiger partial charge in [-0.15, -0.1) is 0 Å². The number of aromatic nitrogens is 2. The van der Waals surface area contributed by atoms with Crippen LogP contribution in [0.15, 0.2) is 41.2 Å². The topological polar surface area (TPSA) is 64.1 Å². The molecule has 0 radical (unpaired) electrons. The van der Waals surface area contributed by atoms with Gasteiger partial charge in [-0.1, -0.05) is 23.7 Å². The quantitative estimate of drug-likeness (QED) is 0.749. The average molecular weight is 335 g/mol. The van der Waals surface area contributed by atoms with Gasteiger partial charge in [0.05, 0.1) is 24.7 Å². The molecule has 0 aliphatic rings. The summed E-state index contributed by atoms with van der Waals surface area (Å²) in [6.45, 7) is 0.113. The Morgan fingerprint density at radius 1 is 1.35 bits per heavy atom. The molecule has 0 saturated carbocycles. The fraction of sp³-hybridized carbons (Fsp3) is 0.125. The van der Waals surface area contributed by atoms with E-state index in [2.05, 4.69) is 9.72 Å². The Morgan fingerprint density at radius 3 is 2.87 bits per heavy atom. The van der Waals surface area contributed by atoms with E-state index in [1.165, 1.54) is 17.7 Å². The maximum absolute atomic E-state index is 14.1. The molecule has 7 heteroatoms. The van der Waals surface area contributed by atoms with Gasteiger partial charge in [-0.2, -0.15) is 0 Å². The SMILES string of the molecule is COC(=O)c1cccc(Cn2c(=O)[nH]c3cc(Cl)cc(F)c32)c1. The van der Waals surface area contributed by atoms with Gasteiger partial charge in [0.25, 0.3) is 0 Å². The number of benzene rings is 2. The van der Waals surface area contributed by atoms with Gasteiger partial charge >= 0.3 is 11.7 Å². The van der Waals surface area contributed by atoms with Crippen LogP contribution in [0.2, 0.25) is 5.02 Å². The van der Waals surface area contributed by atoms with Crippen molar-refractivity contribution in [3.63, 3.8) is 0 Å². The number of esters is 1. The molecule has 2 aromatic carbocycles. The number of halogens is 2. The van der Waals surface area contributed by atoms with Crippen molar-refractivity contribution in [3.8, 4) is 0 Å². The van der Waals surface area contributed by atoms with E-state index in [1.54, 1.807) is 24.3 Å². The molecule has 1 aromatic heterocycles. The van der Waals surface area contributed by atoms with Crippen LogP contribution in [0, 0.1) is 5.82 Å². The molecule has 1 heterocycles. The smallest absolute Gasteiger partial charge is 0.337 e. The number of nitrogens with zero attached hydrogens (tertiary/aromatic N) is 1. The van der Waals surface area contributed by atoms with Gasteiger partial charge in [-0.3, -0.25) is 4.57 Å². The predicted molar refractivity (Wildman–Crippen MR) is 84.4 cm³/mol. The molecule has 0 bridgehead atoms. The molecule has 0 amide bonds. The highest BCUT2D eigenvalue weighted by Crippen LogP contribution is 2.21. The molecule has 118 valence electrons. The van der Waals surface area contributed by atoms with Crippen LogP contribution in [0.3, 0.4) is 0 Å². The summed E-state index contributed by atoms with van der Waals surface area (Å²) in [4.78, 5) is 26.2. The van der Waals surface area contributed by atoms with Gasteiger partial charge in [-0.05, 0) is 29.8 Å². The summed E-state index contributed by atoms with van der Waals surface area (Å²) < 4.78 is 20.1. The van der Waals surface area contributed by atoms with E-state index >= 15 is 0 Å². The summed E-state index contributed by atoms with van der Waals surface area (Å²) >= 11 is 5.79. The van der Waals surface area contributed by atoms with Crippen molar-refractivity contribution in [1.29, 1.82) is 0 Å². The first-order chi connectivity index (χ1) is 11.0. The maximum atomic E-state index is 14.1. The second-order valence-electron chi connectivity index (χ2n) is 4.99. The summed E-state index contributed by atoms with van der Waals surface area (Å²) in [6, 6.07) is 9.26. The lowest BCUT2D eigenvalue weighted by Gasteiger charge is -2.06. The molecule has 0 aliphatic carbocycles. The first-order valence-electron chi connectivity index (χ1n) is 6.74. The minimum absolute atomic E-state index is 0.113. The van der Waals surface area contributed by atoms with E-state index in [1.807, 2.05) is 0 Å². The fourth-order valence-corrected chi connectivity index (χ4v) is 2.67. The fourth-order valence-electron chi connectivity index (χ4n) is 2.47. The number of aromatic amines is 1. The van der Waals surface area contributed by atoms with Crippen LogP contribution in [-0.4, -0.2) is 22.6 Å². The number of hydrogen-bond donors (Lipinski definition) is 1. The second-order valence-corrected chi connectivity index (χ2v) is 5.43. The summed E-state index contributed by atoms with van der Waals surface area (Å²) in [5, 5.41) is 0.205. The Hall–Kier alpha value is -2.60. The third kappa shape index (κ3) is 2.85. The maximum Gasteiger partial charge on any atom is 0.337 e. The van der Waals surface area contributed by atoms with Gasteiger partial charge in [0.1, 0.15) is 5.52 Å². The van der Waals surface area contributed by atoms with E-state index in [4.69, 9.17) is 11.6 Å². The number of hydrogen-bond acceptors (Lipinski definition) is 3. The lowest BCUT2D eigenvalue weighted by molar-refractivity contribution is 0.0600. The molecule has 23 heavy (non-hydrogen) atoms. The van der Waals surface area contributed by atoms with Crippen molar-refractivity contribution in [2.75, 3.05) is 7.11 Å². The van der Waals surface area contributed by atoms with Crippen molar-refractivity contribution < 1.29 is 13.9 Å². The monoisotopic (exact) mass is 334 g/mol. The number of nitrogens with one attached hydrogen (secondary N) is 1. The molecule has 1 N–H and O–H groups in total. The van der Waals surface area contributed by atoms with Gasteiger partial charge in [0, 0.05) is 5.02 Å². The molecular weight excluding hydrogens is 323 g/mol. The number of imidazole rings is 1. The molecule has 0 unspecified atom stereocenters. The van der Waals surface area contributed by atoms with Crippen molar-refractivity contribution in [2.45, 2.75) is 6.54 Å². The van der Waals surface area contributed by atoms with Crippen molar-refractivity contribution >= 4 is 28.6 Å². The van der Waals surface area contributed by atoms with Crippen molar-refractivity contribution in [1.82, 2.24) is 9.55 Å². The van der Waals surface area contributed by atoms with Gasteiger partial charge in [-0.25, -0.2) is 14.0 Å². The van der Waals surface area contributed by atoms with Gasteiger partial charge in [0.2, 0.25) is 0 Å². The van der Waals surface area contributed by atoms with Crippen LogP contribution in [0.25, 0.3) is 11.0 Å². The zero-order chi connectivity index (χ0) is 16.6. The molecule has 0 saturated heterocycles. The number of ether oxygens (including phenoxy) is 1. The molecule has 0 fully saturated rings. The Kier molecular flexibility index (Phi) is 3.92. The minimum Gasteiger partial charge on any atom is -0.465 e. The molecular formula is C16H12ClFN2O3. The first-order valence-corrected chi connectivity index (χ1v) is 7.12. The molecule has 0 spiro atoms. The van der Waals surface area contributed by atoms with E-state index in [0.29, 0.717) is 16.6 Å². The highest BCUT2D eigenvalue weighted by atomic mass is 35.5. The number of H-pyrrole nitrogens is 1.